The van der Waals surface area contributed by atoms with Crippen LogP contribution in [-0.2, 0) is 0 Å². The lowest BCUT2D eigenvalue weighted by Gasteiger charge is -2.09. The number of methoxy groups -OCH3 is 2. The van der Waals surface area contributed by atoms with Crippen LogP contribution in [0.1, 0.15) is 11.3 Å². The number of aromatic nitrogens is 1. The van der Waals surface area contributed by atoms with E-state index in [1.807, 2.05) is 36.4 Å². The molecule has 0 bridgehead atoms. The predicted molar refractivity (Wildman–Crippen MR) is 97.4 cm³/mol. The molecule has 0 spiro atoms. The van der Waals surface area contributed by atoms with Gasteiger partial charge in [-0.05, 0) is 35.9 Å². The second-order valence-corrected chi connectivity index (χ2v) is 5.42. The first-order valence-corrected chi connectivity index (χ1v) is 7.68. The number of aliphatic imine (C=N–C) groups is 1. The highest BCUT2D eigenvalue weighted by molar-refractivity contribution is 7.80. The molecular weight excluding hydrogens is 324 g/mol. The van der Waals surface area contributed by atoms with E-state index in [1.54, 1.807) is 26.6 Å². The van der Waals surface area contributed by atoms with Gasteiger partial charge in [-0.1, -0.05) is 18.3 Å². The Hall–Kier alpha value is -2.80. The van der Waals surface area contributed by atoms with Crippen molar-refractivity contribution >= 4 is 29.1 Å². The van der Waals surface area contributed by atoms with E-state index < -0.39 is 0 Å². The van der Waals surface area contributed by atoms with Gasteiger partial charge in [-0.2, -0.15) is 5.10 Å². The number of pyridine rings is 1. The van der Waals surface area contributed by atoms with Crippen molar-refractivity contribution in [3.63, 3.8) is 0 Å². The minimum Gasteiger partial charge on any atom is -0.493 e. The Labute approximate surface area is 145 Å². The smallest absolute Gasteiger partial charge is 0.161 e. The molecule has 1 aromatic heterocycles. The van der Waals surface area contributed by atoms with Crippen LogP contribution in [0.25, 0.3) is 0 Å². The number of benzene rings is 1. The van der Waals surface area contributed by atoms with E-state index >= 15 is 0 Å². The van der Waals surface area contributed by atoms with Gasteiger partial charge in [-0.15, -0.1) is 0 Å². The summed E-state index contributed by atoms with van der Waals surface area (Å²) in [7, 11) is 3.20. The van der Waals surface area contributed by atoms with E-state index in [0.29, 0.717) is 22.2 Å². The number of ether oxygens (including phenoxy) is 2. The number of hydrogen-bond donors (Lipinski definition) is 1. The molecule has 1 aliphatic rings. The molecule has 7 heteroatoms. The fourth-order valence-electron chi connectivity index (χ4n) is 2.31. The third-order valence-electron chi connectivity index (χ3n) is 3.50. The molecule has 0 amide bonds. The standard InChI is InChI=1S/C17H16N4O2S/c1-22-13-7-6-11(9-14(13)23-2)10-19-16-15(20-21-17(16)24)12-5-3-4-8-18-12/h3-10,16H,1-2H3,(H,21,24)/t16-/m0/s1. The average molecular weight is 340 g/mol. The van der Waals surface area contributed by atoms with E-state index in [9.17, 15) is 0 Å². The molecule has 0 unspecified atom stereocenters. The molecule has 2 aromatic rings. The normalized spacial score (nSPS) is 16.8. The minimum absolute atomic E-state index is 0.358. The molecule has 0 fully saturated rings. The lowest BCUT2D eigenvalue weighted by molar-refractivity contribution is 0.355. The maximum absolute atomic E-state index is 5.31. The van der Waals surface area contributed by atoms with Crippen LogP contribution in [-0.4, -0.2) is 42.2 Å². The van der Waals surface area contributed by atoms with Crippen molar-refractivity contribution in [2.24, 2.45) is 10.1 Å². The SMILES string of the molecule is COc1ccc(C=N[C@@H]2C(=S)NN=C2c2ccccn2)cc1OC. The summed E-state index contributed by atoms with van der Waals surface area (Å²) in [6.45, 7) is 0. The number of hydrogen-bond acceptors (Lipinski definition) is 6. The van der Waals surface area contributed by atoms with Crippen molar-refractivity contribution in [3.05, 3.63) is 53.9 Å². The van der Waals surface area contributed by atoms with Gasteiger partial charge in [-0.25, -0.2) is 0 Å². The second kappa shape index (κ2) is 7.18. The van der Waals surface area contributed by atoms with Gasteiger partial charge in [0.2, 0.25) is 0 Å². The predicted octanol–water partition coefficient (Wildman–Crippen LogP) is 2.22. The molecule has 3 rings (SSSR count). The molecule has 0 saturated heterocycles. The lowest BCUT2D eigenvalue weighted by atomic mass is 10.1. The van der Waals surface area contributed by atoms with Crippen LogP contribution in [0.15, 0.2) is 52.7 Å². The first kappa shape index (κ1) is 16.1. The molecule has 24 heavy (non-hydrogen) atoms. The summed E-state index contributed by atoms with van der Waals surface area (Å²) >= 11 is 5.31. The Kier molecular flexibility index (Phi) is 4.81. The van der Waals surface area contributed by atoms with Crippen molar-refractivity contribution in [2.75, 3.05) is 14.2 Å². The summed E-state index contributed by atoms with van der Waals surface area (Å²) < 4.78 is 10.5. The molecule has 2 heterocycles. The maximum Gasteiger partial charge on any atom is 0.161 e. The Morgan fingerprint density at radius 1 is 1.17 bits per heavy atom. The van der Waals surface area contributed by atoms with Crippen LogP contribution < -0.4 is 14.9 Å². The molecule has 0 aliphatic carbocycles. The molecule has 1 atom stereocenters. The summed E-state index contributed by atoms with van der Waals surface area (Å²) in [5.41, 5.74) is 5.15. The van der Waals surface area contributed by atoms with Gasteiger partial charge in [0, 0.05) is 12.4 Å². The first-order valence-electron chi connectivity index (χ1n) is 7.27. The van der Waals surface area contributed by atoms with Crippen LogP contribution in [0.4, 0.5) is 0 Å². The topological polar surface area (TPSA) is 68.1 Å². The monoisotopic (exact) mass is 340 g/mol. The Morgan fingerprint density at radius 3 is 2.71 bits per heavy atom. The molecule has 0 radical (unpaired) electrons. The number of rotatable bonds is 5. The number of thiocarbonyl (C=S) groups is 1. The van der Waals surface area contributed by atoms with Gasteiger partial charge >= 0.3 is 0 Å². The Bertz CT molecular complexity index is 805. The van der Waals surface area contributed by atoms with Crippen LogP contribution in [0.3, 0.4) is 0 Å². The van der Waals surface area contributed by atoms with E-state index in [4.69, 9.17) is 21.7 Å². The highest BCUT2D eigenvalue weighted by Crippen LogP contribution is 2.27. The number of hydrazone groups is 1. The Balaban J connectivity index is 1.85. The summed E-state index contributed by atoms with van der Waals surface area (Å²) in [6.07, 6.45) is 3.46. The quantitative estimate of drug-likeness (QED) is 0.668. The maximum atomic E-state index is 5.31. The highest BCUT2D eigenvalue weighted by Gasteiger charge is 2.27. The first-order chi connectivity index (χ1) is 11.7. The van der Waals surface area contributed by atoms with Crippen LogP contribution in [0.5, 0.6) is 11.5 Å². The van der Waals surface area contributed by atoms with Gasteiger partial charge in [0.25, 0.3) is 0 Å². The summed E-state index contributed by atoms with van der Waals surface area (Å²) in [5, 5.41) is 4.25. The summed E-state index contributed by atoms with van der Waals surface area (Å²) in [4.78, 5) is 9.43. The van der Waals surface area contributed by atoms with E-state index in [-0.39, 0.29) is 6.04 Å². The molecule has 6 nitrogen and oxygen atoms in total. The minimum atomic E-state index is -0.358. The van der Waals surface area contributed by atoms with Crippen molar-refractivity contribution in [3.8, 4) is 11.5 Å². The molecule has 1 N–H and O–H groups in total. The summed E-state index contributed by atoms with van der Waals surface area (Å²) in [6, 6.07) is 10.9. The van der Waals surface area contributed by atoms with Crippen LogP contribution in [0.2, 0.25) is 0 Å². The van der Waals surface area contributed by atoms with Crippen molar-refractivity contribution in [2.45, 2.75) is 6.04 Å². The third-order valence-corrected chi connectivity index (χ3v) is 3.82. The van der Waals surface area contributed by atoms with Crippen molar-refractivity contribution < 1.29 is 9.47 Å². The van der Waals surface area contributed by atoms with Crippen molar-refractivity contribution in [1.29, 1.82) is 0 Å². The number of nitrogens with one attached hydrogen (secondary N) is 1. The van der Waals surface area contributed by atoms with E-state index in [2.05, 4.69) is 20.5 Å². The van der Waals surface area contributed by atoms with Gasteiger partial charge < -0.3 is 9.47 Å². The van der Waals surface area contributed by atoms with Gasteiger partial charge in [-0.3, -0.25) is 15.4 Å². The van der Waals surface area contributed by atoms with Crippen molar-refractivity contribution in [1.82, 2.24) is 10.4 Å². The van der Waals surface area contributed by atoms with E-state index in [0.717, 1.165) is 11.3 Å². The fourth-order valence-corrected chi connectivity index (χ4v) is 2.52. The Morgan fingerprint density at radius 2 is 2.00 bits per heavy atom. The summed E-state index contributed by atoms with van der Waals surface area (Å²) in [5.74, 6) is 1.32. The molecule has 1 aromatic carbocycles. The zero-order valence-corrected chi connectivity index (χ0v) is 14.1. The molecular formula is C17H16N4O2S. The number of nitrogens with zero attached hydrogens (tertiary/aromatic N) is 3. The lowest BCUT2D eigenvalue weighted by Crippen LogP contribution is -2.26. The van der Waals surface area contributed by atoms with Gasteiger partial charge in [0.15, 0.2) is 11.5 Å². The zero-order valence-electron chi connectivity index (χ0n) is 13.3. The van der Waals surface area contributed by atoms with Gasteiger partial charge in [0.05, 0.1) is 19.9 Å². The fraction of sp³-hybridized carbons (Fsp3) is 0.176. The van der Waals surface area contributed by atoms with E-state index in [1.165, 1.54) is 0 Å². The molecule has 122 valence electrons. The van der Waals surface area contributed by atoms with Crippen LogP contribution >= 0.6 is 12.2 Å². The van der Waals surface area contributed by atoms with Gasteiger partial charge in [0.1, 0.15) is 16.7 Å². The zero-order chi connectivity index (χ0) is 16.9. The molecule has 0 saturated carbocycles. The largest absolute Gasteiger partial charge is 0.493 e. The third kappa shape index (κ3) is 3.26. The second-order valence-electron chi connectivity index (χ2n) is 4.98. The van der Waals surface area contributed by atoms with Crippen LogP contribution in [0, 0.1) is 0 Å². The molecule has 1 aliphatic heterocycles. The highest BCUT2D eigenvalue weighted by atomic mass is 32.1. The average Bonchev–Trinajstić information content (AvgIpc) is 3.01.